The zero-order chi connectivity index (χ0) is 36.0. The molecule has 0 fully saturated rings. The van der Waals surface area contributed by atoms with Crippen molar-refractivity contribution in [1.82, 2.24) is 24.1 Å². The topological polar surface area (TPSA) is 61.7 Å². The van der Waals surface area contributed by atoms with E-state index in [4.69, 9.17) is 19.4 Å². The third-order valence-corrected chi connectivity index (χ3v) is 11.0. The normalized spacial score (nSPS) is 12.0. The van der Waals surface area contributed by atoms with Gasteiger partial charge in [-0.25, -0.2) is 4.98 Å². The second kappa shape index (κ2) is 11.5. The van der Waals surface area contributed by atoms with Crippen LogP contribution in [0.3, 0.4) is 0 Å². The molecule has 0 unspecified atom stereocenters. The molecule has 12 aromatic rings. The van der Waals surface area contributed by atoms with Crippen molar-refractivity contribution in [3.63, 3.8) is 0 Å². The van der Waals surface area contributed by atoms with Gasteiger partial charge in [0.2, 0.25) is 5.95 Å². The number of rotatable bonds is 4. The zero-order valence-corrected chi connectivity index (χ0v) is 29.4. The van der Waals surface area contributed by atoms with E-state index in [0.717, 1.165) is 71.3 Å². The van der Waals surface area contributed by atoms with Crippen molar-refractivity contribution in [3.8, 4) is 34.4 Å². The lowest BCUT2D eigenvalue weighted by molar-refractivity contribution is 0.669. The van der Waals surface area contributed by atoms with Crippen LogP contribution in [0.4, 0.5) is 0 Å². The Hall–Kier alpha value is -7.57. The first-order valence-electron chi connectivity index (χ1n) is 18.5. The fourth-order valence-corrected chi connectivity index (χ4v) is 8.59. The van der Waals surface area contributed by atoms with Gasteiger partial charge in [0, 0.05) is 49.1 Å². The Morgan fingerprint density at radius 1 is 0.364 bits per heavy atom. The fourth-order valence-electron chi connectivity index (χ4n) is 8.59. The lowest BCUT2D eigenvalue weighted by Gasteiger charge is -2.12. The maximum atomic E-state index is 6.72. The highest BCUT2D eigenvalue weighted by Gasteiger charge is 2.22. The molecule has 55 heavy (non-hydrogen) atoms. The van der Waals surface area contributed by atoms with Crippen molar-refractivity contribution in [3.05, 3.63) is 176 Å². The summed E-state index contributed by atoms with van der Waals surface area (Å²) in [5, 5.41) is 9.01. The number of fused-ring (bicyclic) bond motifs is 11. The summed E-state index contributed by atoms with van der Waals surface area (Å²) in [6.45, 7) is 0. The molecule has 0 N–H and O–H groups in total. The summed E-state index contributed by atoms with van der Waals surface area (Å²) in [5.41, 5.74) is 8.91. The largest absolute Gasteiger partial charge is 0.456 e. The Balaban J connectivity index is 1.12. The third kappa shape index (κ3) is 4.39. The zero-order valence-electron chi connectivity index (χ0n) is 29.4. The van der Waals surface area contributed by atoms with Crippen molar-refractivity contribution < 1.29 is 4.42 Å². The van der Waals surface area contributed by atoms with Gasteiger partial charge in [-0.1, -0.05) is 127 Å². The average Bonchev–Trinajstić information content (AvgIpc) is 3.91. The SMILES string of the molecule is c1ccc(-c2nc(-c3cc4oc5ccc(-n6c7ccccc7c7ccccc76)cc5c4c4ccccc34)nc(-n3c4ccccc4c4ccccc43)n2)cc1. The Kier molecular flexibility index (Phi) is 6.24. The first-order valence-corrected chi connectivity index (χ1v) is 18.5. The third-order valence-electron chi connectivity index (χ3n) is 11.0. The monoisotopic (exact) mass is 703 g/mol. The molecule has 8 aromatic carbocycles. The van der Waals surface area contributed by atoms with Crippen molar-refractivity contribution in [2.24, 2.45) is 0 Å². The number of para-hydroxylation sites is 4. The summed E-state index contributed by atoms with van der Waals surface area (Å²) in [4.78, 5) is 15.6. The Bertz CT molecular complexity index is 3390. The quantitative estimate of drug-likeness (QED) is 0.183. The first-order chi connectivity index (χ1) is 27.3. The molecule has 0 aliphatic rings. The number of aromatic nitrogens is 5. The maximum absolute atomic E-state index is 6.72. The van der Waals surface area contributed by atoms with Crippen LogP contribution in [0.5, 0.6) is 0 Å². The van der Waals surface area contributed by atoms with Gasteiger partial charge < -0.3 is 8.98 Å². The van der Waals surface area contributed by atoms with E-state index in [-0.39, 0.29) is 0 Å². The predicted molar refractivity (Wildman–Crippen MR) is 224 cm³/mol. The molecule has 0 bridgehead atoms. The van der Waals surface area contributed by atoms with Crippen molar-refractivity contribution in [2.45, 2.75) is 0 Å². The molecule has 0 saturated heterocycles. The van der Waals surface area contributed by atoms with E-state index in [1.54, 1.807) is 0 Å². The molecular formula is C49H29N5O. The number of furan rings is 1. The highest BCUT2D eigenvalue weighted by Crippen LogP contribution is 2.42. The van der Waals surface area contributed by atoms with Crippen LogP contribution < -0.4 is 0 Å². The van der Waals surface area contributed by atoms with Crippen molar-refractivity contribution >= 4 is 76.3 Å². The molecule has 0 spiro atoms. The minimum Gasteiger partial charge on any atom is -0.456 e. The number of nitrogens with zero attached hydrogens (tertiary/aromatic N) is 5. The van der Waals surface area contributed by atoms with Gasteiger partial charge in [-0.15, -0.1) is 0 Å². The van der Waals surface area contributed by atoms with Crippen LogP contribution in [0.2, 0.25) is 0 Å². The molecule has 0 atom stereocenters. The van der Waals surface area contributed by atoms with E-state index in [2.05, 4.69) is 155 Å². The second-order valence-corrected chi connectivity index (χ2v) is 14.0. The molecule has 4 aromatic heterocycles. The van der Waals surface area contributed by atoms with Crippen LogP contribution in [-0.2, 0) is 0 Å². The van der Waals surface area contributed by atoms with Crippen LogP contribution >= 0.6 is 0 Å². The molecule has 4 heterocycles. The molecule has 0 aliphatic carbocycles. The Labute approximate surface area is 314 Å². The summed E-state index contributed by atoms with van der Waals surface area (Å²) in [6, 6.07) is 61.3. The standard InChI is InChI=1S/C49H29N5O/c1-2-14-30(15-3-1)47-50-48(52-49(51-47)54-42-24-12-8-19-35(42)36-20-9-13-25-43(36)54)38-29-45-46(37-21-5-4-16-32(37)38)39-28-31(26-27-44(39)55-45)53-40-22-10-6-17-33(40)34-18-7-11-23-41(34)53/h1-29H. The van der Waals surface area contributed by atoms with Crippen LogP contribution in [0.1, 0.15) is 0 Å². The van der Waals surface area contributed by atoms with E-state index < -0.39 is 0 Å². The van der Waals surface area contributed by atoms with Crippen molar-refractivity contribution in [1.29, 1.82) is 0 Å². The van der Waals surface area contributed by atoms with Crippen LogP contribution in [0.25, 0.3) is 111 Å². The van der Waals surface area contributed by atoms with E-state index in [1.807, 2.05) is 30.3 Å². The van der Waals surface area contributed by atoms with Crippen molar-refractivity contribution in [2.75, 3.05) is 0 Å². The molecule has 12 rings (SSSR count). The van der Waals surface area contributed by atoms with E-state index in [0.29, 0.717) is 17.6 Å². The lowest BCUT2D eigenvalue weighted by Crippen LogP contribution is -2.06. The average molecular weight is 704 g/mol. The van der Waals surface area contributed by atoms with Gasteiger partial charge in [0.15, 0.2) is 11.6 Å². The molecular weight excluding hydrogens is 675 g/mol. The summed E-state index contributed by atoms with van der Waals surface area (Å²) in [6.07, 6.45) is 0. The number of hydrogen-bond acceptors (Lipinski definition) is 4. The van der Waals surface area contributed by atoms with Crippen LogP contribution in [0.15, 0.2) is 180 Å². The van der Waals surface area contributed by atoms with Crippen LogP contribution in [0, 0.1) is 0 Å². The van der Waals surface area contributed by atoms with E-state index in [9.17, 15) is 0 Å². The minimum absolute atomic E-state index is 0.561. The molecule has 6 nitrogen and oxygen atoms in total. The summed E-state index contributed by atoms with van der Waals surface area (Å²) >= 11 is 0. The second-order valence-electron chi connectivity index (χ2n) is 14.0. The van der Waals surface area contributed by atoms with Gasteiger partial charge in [-0.05, 0) is 59.3 Å². The Morgan fingerprint density at radius 2 is 0.873 bits per heavy atom. The van der Waals surface area contributed by atoms with E-state index >= 15 is 0 Å². The van der Waals surface area contributed by atoms with Gasteiger partial charge in [-0.3, -0.25) is 4.57 Å². The smallest absolute Gasteiger partial charge is 0.238 e. The first kappa shape index (κ1) is 29.9. The summed E-state index contributed by atoms with van der Waals surface area (Å²) in [5.74, 6) is 1.74. The summed E-state index contributed by atoms with van der Waals surface area (Å²) in [7, 11) is 0. The van der Waals surface area contributed by atoms with Gasteiger partial charge in [0.1, 0.15) is 11.2 Å². The molecule has 0 radical (unpaired) electrons. The lowest BCUT2D eigenvalue weighted by atomic mass is 9.98. The van der Waals surface area contributed by atoms with E-state index in [1.165, 1.54) is 21.8 Å². The fraction of sp³-hybridized carbons (Fsp3) is 0. The number of benzene rings is 8. The van der Waals surface area contributed by atoms with Gasteiger partial charge in [0.05, 0.1) is 22.1 Å². The van der Waals surface area contributed by atoms with Gasteiger partial charge >= 0.3 is 0 Å². The van der Waals surface area contributed by atoms with Gasteiger partial charge in [-0.2, -0.15) is 9.97 Å². The summed E-state index contributed by atoms with van der Waals surface area (Å²) < 4.78 is 11.2. The van der Waals surface area contributed by atoms with Gasteiger partial charge in [0.25, 0.3) is 0 Å². The maximum Gasteiger partial charge on any atom is 0.238 e. The molecule has 0 amide bonds. The molecule has 0 saturated carbocycles. The highest BCUT2D eigenvalue weighted by atomic mass is 16.3. The van der Waals surface area contributed by atoms with Crippen LogP contribution in [-0.4, -0.2) is 24.1 Å². The molecule has 256 valence electrons. The Morgan fingerprint density at radius 3 is 1.49 bits per heavy atom. The molecule has 6 heteroatoms. The predicted octanol–water partition coefficient (Wildman–Crippen LogP) is 12.5. The molecule has 0 aliphatic heterocycles. The minimum atomic E-state index is 0.561. The highest BCUT2D eigenvalue weighted by molar-refractivity contribution is 6.22. The number of hydrogen-bond donors (Lipinski definition) is 0.